The largest absolute Gasteiger partial charge is 0.354 e. The highest BCUT2D eigenvalue weighted by Crippen LogP contribution is 2.14. The van der Waals surface area contributed by atoms with Crippen molar-refractivity contribution in [3.63, 3.8) is 0 Å². The van der Waals surface area contributed by atoms with Crippen LogP contribution < -0.4 is 4.90 Å². The summed E-state index contributed by atoms with van der Waals surface area (Å²) in [7, 11) is 0. The third-order valence-corrected chi connectivity index (χ3v) is 3.20. The van der Waals surface area contributed by atoms with Gasteiger partial charge in [-0.2, -0.15) is 0 Å². The zero-order chi connectivity index (χ0) is 10.7. The van der Waals surface area contributed by atoms with E-state index in [9.17, 15) is 0 Å². The van der Waals surface area contributed by atoms with Crippen LogP contribution in [0.25, 0.3) is 0 Å². The van der Waals surface area contributed by atoms with Gasteiger partial charge in [0.05, 0.1) is 0 Å². The molecule has 1 aliphatic heterocycles. The van der Waals surface area contributed by atoms with Gasteiger partial charge < -0.3 is 4.90 Å². The molecular weight excluding hydrogens is 206 g/mol. The van der Waals surface area contributed by atoms with E-state index in [0.29, 0.717) is 0 Å². The Kier molecular flexibility index (Phi) is 3.49. The van der Waals surface area contributed by atoms with E-state index < -0.39 is 0 Å². The lowest BCUT2D eigenvalue weighted by atomic mass is 10.2. The summed E-state index contributed by atoms with van der Waals surface area (Å²) in [5.74, 6) is 1.09. The minimum Gasteiger partial charge on any atom is -0.354 e. The molecule has 1 aromatic rings. The first kappa shape index (κ1) is 10.8. The van der Waals surface area contributed by atoms with Crippen molar-refractivity contribution in [2.45, 2.75) is 13.3 Å². The first-order chi connectivity index (χ1) is 7.29. The van der Waals surface area contributed by atoms with Crippen LogP contribution in [0.5, 0.6) is 0 Å². The minimum absolute atomic E-state index is 1.00. The molecule has 0 unspecified atom stereocenters. The maximum Gasteiger partial charge on any atom is 0.128 e. The van der Waals surface area contributed by atoms with E-state index in [1.54, 1.807) is 0 Å². The van der Waals surface area contributed by atoms with Gasteiger partial charge in [-0.15, -0.1) is 0 Å². The Hall–Kier alpha value is -0.740. The number of aromatic nitrogens is 1. The van der Waals surface area contributed by atoms with Crippen molar-refractivity contribution >= 4 is 18.6 Å². The molecule has 1 aliphatic rings. The van der Waals surface area contributed by atoms with Crippen molar-refractivity contribution in [2.75, 3.05) is 31.1 Å². The average Bonchev–Trinajstić information content (AvgIpc) is 2.30. The lowest BCUT2D eigenvalue weighted by molar-refractivity contribution is 0.433. The van der Waals surface area contributed by atoms with Gasteiger partial charge in [0.1, 0.15) is 5.82 Å². The van der Waals surface area contributed by atoms with E-state index in [1.165, 1.54) is 5.56 Å². The number of anilines is 1. The summed E-state index contributed by atoms with van der Waals surface area (Å²) < 4.78 is 2.05. The molecule has 4 heteroatoms. The maximum atomic E-state index is 4.48. The van der Waals surface area contributed by atoms with E-state index >= 15 is 0 Å². The number of hydrogen-bond acceptors (Lipinski definition) is 4. The SMILES string of the molecule is CCc1ccc(N2CCN(S)CC2)nc1. The van der Waals surface area contributed by atoms with E-state index in [0.717, 1.165) is 38.4 Å². The maximum absolute atomic E-state index is 4.48. The van der Waals surface area contributed by atoms with Gasteiger partial charge in [0, 0.05) is 32.4 Å². The topological polar surface area (TPSA) is 19.4 Å². The highest BCUT2D eigenvalue weighted by molar-refractivity contribution is 7.77. The van der Waals surface area contributed by atoms with Crippen LogP contribution in [-0.2, 0) is 6.42 Å². The second kappa shape index (κ2) is 4.86. The average molecular weight is 223 g/mol. The number of thiol groups is 1. The number of hydrogen-bond donors (Lipinski definition) is 1. The van der Waals surface area contributed by atoms with Crippen molar-refractivity contribution in [3.05, 3.63) is 23.9 Å². The summed E-state index contributed by atoms with van der Waals surface area (Å²) in [5.41, 5.74) is 1.30. The Labute approximate surface area is 96.6 Å². The van der Waals surface area contributed by atoms with Crippen molar-refractivity contribution in [2.24, 2.45) is 0 Å². The van der Waals surface area contributed by atoms with Gasteiger partial charge >= 0.3 is 0 Å². The first-order valence-electron chi connectivity index (χ1n) is 5.43. The second-order valence-electron chi connectivity index (χ2n) is 3.82. The molecule has 0 N–H and O–H groups in total. The summed E-state index contributed by atoms with van der Waals surface area (Å²) >= 11 is 4.33. The van der Waals surface area contributed by atoms with Crippen LogP contribution in [0, 0.1) is 0 Å². The predicted molar refractivity (Wildman–Crippen MR) is 66.4 cm³/mol. The molecule has 1 saturated heterocycles. The highest BCUT2D eigenvalue weighted by atomic mass is 32.1. The molecule has 2 heterocycles. The van der Waals surface area contributed by atoms with Gasteiger partial charge in [-0.3, -0.25) is 0 Å². The number of pyridine rings is 1. The normalized spacial score (nSPS) is 18.1. The van der Waals surface area contributed by atoms with Crippen LogP contribution in [0.3, 0.4) is 0 Å². The monoisotopic (exact) mass is 223 g/mol. The first-order valence-corrected chi connectivity index (χ1v) is 5.83. The van der Waals surface area contributed by atoms with Crippen LogP contribution in [0.2, 0.25) is 0 Å². The molecular formula is C11H17N3S. The van der Waals surface area contributed by atoms with Crippen molar-refractivity contribution in [1.29, 1.82) is 0 Å². The van der Waals surface area contributed by atoms with Crippen LogP contribution in [0.15, 0.2) is 18.3 Å². The quantitative estimate of drug-likeness (QED) is 0.769. The van der Waals surface area contributed by atoms with Crippen LogP contribution in [0.1, 0.15) is 12.5 Å². The van der Waals surface area contributed by atoms with Crippen molar-refractivity contribution in [3.8, 4) is 0 Å². The smallest absolute Gasteiger partial charge is 0.128 e. The van der Waals surface area contributed by atoms with Gasteiger partial charge in [0.25, 0.3) is 0 Å². The molecule has 15 heavy (non-hydrogen) atoms. The summed E-state index contributed by atoms with van der Waals surface area (Å²) in [5, 5.41) is 0. The third kappa shape index (κ3) is 2.63. The third-order valence-electron chi connectivity index (χ3n) is 2.80. The van der Waals surface area contributed by atoms with E-state index in [1.807, 2.05) is 6.20 Å². The molecule has 0 saturated carbocycles. The molecule has 0 bridgehead atoms. The van der Waals surface area contributed by atoms with Crippen molar-refractivity contribution < 1.29 is 0 Å². The van der Waals surface area contributed by atoms with Crippen molar-refractivity contribution in [1.82, 2.24) is 9.29 Å². The van der Waals surface area contributed by atoms with Gasteiger partial charge in [-0.05, 0) is 18.1 Å². The highest BCUT2D eigenvalue weighted by Gasteiger charge is 2.15. The van der Waals surface area contributed by atoms with Crippen LogP contribution >= 0.6 is 12.8 Å². The zero-order valence-electron chi connectivity index (χ0n) is 9.06. The molecule has 2 rings (SSSR count). The Morgan fingerprint density at radius 2 is 2.00 bits per heavy atom. The standard InChI is InChI=1S/C11H17N3S/c1-2-10-3-4-11(12-9-10)13-5-7-14(15)8-6-13/h3-4,9,15H,2,5-8H2,1H3. The molecule has 1 aromatic heterocycles. The van der Waals surface area contributed by atoms with Crippen LogP contribution in [-0.4, -0.2) is 35.5 Å². The van der Waals surface area contributed by atoms with Gasteiger partial charge in [0.15, 0.2) is 0 Å². The molecule has 0 aromatic carbocycles. The molecule has 0 amide bonds. The zero-order valence-corrected chi connectivity index (χ0v) is 9.95. The molecule has 0 spiro atoms. The molecule has 82 valence electrons. The second-order valence-corrected chi connectivity index (χ2v) is 4.38. The fraction of sp³-hybridized carbons (Fsp3) is 0.545. The van der Waals surface area contributed by atoms with Gasteiger partial charge in [-0.1, -0.05) is 25.8 Å². The lowest BCUT2D eigenvalue weighted by Gasteiger charge is -2.32. The Morgan fingerprint density at radius 3 is 2.53 bits per heavy atom. The number of aryl methyl sites for hydroxylation is 1. The summed E-state index contributed by atoms with van der Waals surface area (Å²) in [4.78, 5) is 6.79. The van der Waals surface area contributed by atoms with E-state index in [-0.39, 0.29) is 0 Å². The van der Waals surface area contributed by atoms with Crippen LogP contribution in [0.4, 0.5) is 5.82 Å². The Balaban J connectivity index is 2.03. The Bertz CT molecular complexity index is 304. The molecule has 0 radical (unpaired) electrons. The molecule has 0 atom stereocenters. The molecule has 3 nitrogen and oxygen atoms in total. The fourth-order valence-corrected chi connectivity index (χ4v) is 1.92. The molecule has 1 fully saturated rings. The van der Waals surface area contributed by atoms with E-state index in [2.05, 4.69) is 46.1 Å². The number of piperazine rings is 1. The number of rotatable bonds is 2. The minimum atomic E-state index is 1.00. The van der Waals surface area contributed by atoms with Gasteiger partial charge in [0.2, 0.25) is 0 Å². The summed E-state index contributed by atoms with van der Waals surface area (Å²) in [6.45, 7) is 6.18. The summed E-state index contributed by atoms with van der Waals surface area (Å²) in [6.07, 6.45) is 3.03. The lowest BCUT2D eigenvalue weighted by Crippen LogP contribution is -2.42. The molecule has 0 aliphatic carbocycles. The van der Waals surface area contributed by atoms with E-state index in [4.69, 9.17) is 0 Å². The summed E-state index contributed by atoms with van der Waals surface area (Å²) in [6, 6.07) is 4.28. The van der Waals surface area contributed by atoms with Gasteiger partial charge in [-0.25, -0.2) is 9.29 Å². The number of nitrogens with zero attached hydrogens (tertiary/aromatic N) is 3. The predicted octanol–water partition coefficient (Wildman–Crippen LogP) is 1.61. The Morgan fingerprint density at radius 1 is 1.27 bits per heavy atom. The fourth-order valence-electron chi connectivity index (χ4n) is 1.74.